The van der Waals surface area contributed by atoms with E-state index in [1.807, 2.05) is 0 Å². The molecule has 0 saturated carbocycles. The molecule has 0 spiro atoms. The second kappa shape index (κ2) is 8.64. The first-order chi connectivity index (χ1) is 10.8. The van der Waals surface area contributed by atoms with Crippen LogP contribution in [0.15, 0.2) is 12.7 Å². The van der Waals surface area contributed by atoms with E-state index in [4.69, 9.17) is 18.9 Å². The predicted octanol–water partition coefficient (Wildman–Crippen LogP) is 0.117. The maximum Gasteiger partial charge on any atom is 0.303 e. The third-order valence-electron chi connectivity index (χ3n) is 3.22. The molecule has 5 atom stereocenters. The minimum absolute atomic E-state index is 0.291. The number of aliphatic hydroxyl groups excluding tert-OH is 1. The van der Waals surface area contributed by atoms with Crippen molar-refractivity contribution in [1.82, 2.24) is 0 Å². The van der Waals surface area contributed by atoms with Crippen molar-refractivity contribution in [2.75, 3.05) is 6.61 Å². The van der Waals surface area contributed by atoms with Gasteiger partial charge in [-0.15, -0.1) is 6.58 Å². The molecule has 8 nitrogen and oxygen atoms in total. The Hall–Kier alpha value is -1.93. The maximum atomic E-state index is 11.4. The summed E-state index contributed by atoms with van der Waals surface area (Å²) in [5, 5.41) is 9.49. The highest BCUT2D eigenvalue weighted by Crippen LogP contribution is 2.30. The van der Waals surface area contributed by atoms with E-state index in [2.05, 4.69) is 6.58 Å². The molecule has 1 N–H and O–H groups in total. The van der Waals surface area contributed by atoms with Crippen LogP contribution in [0.2, 0.25) is 0 Å². The van der Waals surface area contributed by atoms with Crippen molar-refractivity contribution in [1.29, 1.82) is 0 Å². The fraction of sp³-hybridized carbons (Fsp3) is 0.667. The van der Waals surface area contributed by atoms with Crippen LogP contribution in [0.5, 0.6) is 0 Å². The number of esters is 3. The summed E-state index contributed by atoms with van der Waals surface area (Å²) in [6.07, 6.45) is -2.93. The SMILES string of the molecule is C=CC[C@H]1O[C@H](CO)[C@@H](OC(C)=O)[C@H](OC(C)=O)[C@H]1OC(C)=O. The van der Waals surface area contributed by atoms with E-state index >= 15 is 0 Å². The van der Waals surface area contributed by atoms with E-state index < -0.39 is 55.0 Å². The van der Waals surface area contributed by atoms with E-state index in [9.17, 15) is 19.5 Å². The van der Waals surface area contributed by atoms with Gasteiger partial charge in [-0.3, -0.25) is 14.4 Å². The topological polar surface area (TPSA) is 108 Å². The molecule has 1 heterocycles. The molecular formula is C15H22O8. The van der Waals surface area contributed by atoms with Crippen molar-refractivity contribution in [3.05, 3.63) is 12.7 Å². The zero-order valence-electron chi connectivity index (χ0n) is 13.4. The van der Waals surface area contributed by atoms with Crippen LogP contribution in [0.3, 0.4) is 0 Å². The van der Waals surface area contributed by atoms with Crippen LogP contribution in [0.25, 0.3) is 0 Å². The predicted molar refractivity (Wildman–Crippen MR) is 77.2 cm³/mol. The summed E-state index contributed by atoms with van der Waals surface area (Å²) in [4.78, 5) is 34.1. The van der Waals surface area contributed by atoms with Crippen LogP contribution in [-0.2, 0) is 33.3 Å². The molecule has 0 amide bonds. The van der Waals surface area contributed by atoms with Crippen molar-refractivity contribution in [2.45, 2.75) is 57.7 Å². The molecule has 0 unspecified atom stereocenters. The molecule has 0 aromatic rings. The fourth-order valence-electron chi connectivity index (χ4n) is 2.49. The van der Waals surface area contributed by atoms with Crippen LogP contribution in [0, 0.1) is 0 Å². The zero-order chi connectivity index (χ0) is 17.6. The van der Waals surface area contributed by atoms with Gasteiger partial charge in [-0.2, -0.15) is 0 Å². The second-order valence-corrected chi connectivity index (χ2v) is 5.14. The Bertz CT molecular complexity index is 460. The monoisotopic (exact) mass is 330 g/mol. The first-order valence-corrected chi connectivity index (χ1v) is 7.19. The highest BCUT2D eigenvalue weighted by molar-refractivity contribution is 5.68. The van der Waals surface area contributed by atoms with Gasteiger partial charge >= 0.3 is 17.9 Å². The molecule has 0 aromatic carbocycles. The van der Waals surface area contributed by atoms with Gasteiger partial charge in [-0.25, -0.2) is 0 Å². The maximum absolute atomic E-state index is 11.4. The summed E-state index contributed by atoms with van der Waals surface area (Å²) in [5.41, 5.74) is 0. The Kier molecular flexibility index (Phi) is 7.18. The average molecular weight is 330 g/mol. The van der Waals surface area contributed by atoms with Crippen LogP contribution in [0.1, 0.15) is 27.2 Å². The van der Waals surface area contributed by atoms with Gasteiger partial charge < -0.3 is 24.1 Å². The highest BCUT2D eigenvalue weighted by atomic mass is 16.6. The lowest BCUT2D eigenvalue weighted by molar-refractivity contribution is -0.250. The Morgan fingerprint density at radius 2 is 1.39 bits per heavy atom. The first-order valence-electron chi connectivity index (χ1n) is 7.19. The average Bonchev–Trinajstić information content (AvgIpc) is 2.43. The molecule has 1 fully saturated rings. The van der Waals surface area contributed by atoms with Gasteiger partial charge in [0.25, 0.3) is 0 Å². The third-order valence-corrected chi connectivity index (χ3v) is 3.22. The zero-order valence-corrected chi connectivity index (χ0v) is 13.4. The molecule has 0 bridgehead atoms. The summed E-state index contributed by atoms with van der Waals surface area (Å²) in [6, 6.07) is 0. The van der Waals surface area contributed by atoms with E-state index in [1.165, 1.54) is 20.8 Å². The Labute approximate surface area is 134 Å². The molecule has 0 aliphatic carbocycles. The fourth-order valence-corrected chi connectivity index (χ4v) is 2.49. The summed E-state index contributed by atoms with van der Waals surface area (Å²) in [6.45, 7) is 6.70. The van der Waals surface area contributed by atoms with Crippen molar-refractivity contribution in [3.8, 4) is 0 Å². The number of rotatable bonds is 6. The van der Waals surface area contributed by atoms with Crippen LogP contribution >= 0.6 is 0 Å². The molecule has 0 radical (unpaired) electrons. The van der Waals surface area contributed by atoms with Gasteiger partial charge in [0.2, 0.25) is 0 Å². The lowest BCUT2D eigenvalue weighted by Gasteiger charge is -2.44. The van der Waals surface area contributed by atoms with E-state index in [0.29, 0.717) is 6.42 Å². The molecule has 1 rings (SSSR count). The smallest absolute Gasteiger partial charge is 0.303 e. The van der Waals surface area contributed by atoms with Gasteiger partial charge in [0.1, 0.15) is 12.2 Å². The third kappa shape index (κ3) is 5.33. The molecule has 1 aliphatic heterocycles. The van der Waals surface area contributed by atoms with Crippen molar-refractivity contribution in [2.24, 2.45) is 0 Å². The number of aliphatic hydroxyl groups is 1. The van der Waals surface area contributed by atoms with Gasteiger partial charge in [0.15, 0.2) is 18.3 Å². The lowest BCUT2D eigenvalue weighted by atomic mass is 9.92. The molecule has 8 heteroatoms. The number of ether oxygens (including phenoxy) is 4. The number of hydrogen-bond acceptors (Lipinski definition) is 8. The molecule has 1 saturated heterocycles. The number of carbonyl (C=O) groups is 3. The molecule has 130 valence electrons. The minimum atomic E-state index is -1.09. The van der Waals surface area contributed by atoms with Gasteiger partial charge in [0, 0.05) is 20.8 Å². The van der Waals surface area contributed by atoms with Crippen molar-refractivity contribution >= 4 is 17.9 Å². The van der Waals surface area contributed by atoms with Crippen LogP contribution in [-0.4, -0.2) is 60.1 Å². The normalized spacial score (nSPS) is 30.2. The summed E-state index contributed by atoms with van der Waals surface area (Å²) < 4.78 is 21.2. The van der Waals surface area contributed by atoms with Crippen molar-refractivity contribution < 1.29 is 38.4 Å². The second-order valence-electron chi connectivity index (χ2n) is 5.14. The molecule has 23 heavy (non-hydrogen) atoms. The quantitative estimate of drug-likeness (QED) is 0.415. The summed E-state index contributed by atoms with van der Waals surface area (Å²) in [7, 11) is 0. The number of carbonyl (C=O) groups excluding carboxylic acids is 3. The van der Waals surface area contributed by atoms with Gasteiger partial charge in [0.05, 0.1) is 6.61 Å². The Morgan fingerprint density at radius 1 is 0.957 bits per heavy atom. The Balaban J connectivity index is 3.19. The standard InChI is InChI=1S/C15H22O8/c1-5-6-11-13(20-8(2)17)15(22-10(4)19)14(21-9(3)18)12(7-16)23-11/h5,11-16H,1,6-7H2,2-4H3/t11-,12-,13+,14-,15-/m1/s1. The van der Waals surface area contributed by atoms with E-state index in [0.717, 1.165) is 0 Å². The number of hydrogen-bond donors (Lipinski definition) is 1. The van der Waals surface area contributed by atoms with Crippen LogP contribution in [0.4, 0.5) is 0 Å². The highest BCUT2D eigenvalue weighted by Gasteiger charge is 2.50. The summed E-state index contributed by atoms with van der Waals surface area (Å²) >= 11 is 0. The summed E-state index contributed by atoms with van der Waals surface area (Å²) in [5.74, 6) is -1.88. The Morgan fingerprint density at radius 3 is 1.78 bits per heavy atom. The lowest BCUT2D eigenvalue weighted by Crippen LogP contribution is -2.62. The van der Waals surface area contributed by atoms with Gasteiger partial charge in [-0.1, -0.05) is 6.08 Å². The van der Waals surface area contributed by atoms with E-state index in [1.54, 1.807) is 6.08 Å². The van der Waals surface area contributed by atoms with Gasteiger partial charge in [-0.05, 0) is 6.42 Å². The molecular weight excluding hydrogens is 308 g/mol. The van der Waals surface area contributed by atoms with Crippen molar-refractivity contribution in [3.63, 3.8) is 0 Å². The molecule has 1 aliphatic rings. The van der Waals surface area contributed by atoms with Crippen LogP contribution < -0.4 is 0 Å². The van der Waals surface area contributed by atoms with E-state index in [-0.39, 0.29) is 0 Å². The first kappa shape index (κ1) is 19.1. The minimum Gasteiger partial charge on any atom is -0.456 e. The largest absolute Gasteiger partial charge is 0.456 e. The molecule has 0 aromatic heterocycles.